The second kappa shape index (κ2) is 8.13. The summed E-state index contributed by atoms with van der Waals surface area (Å²) in [6.45, 7) is 0. The third-order valence-corrected chi connectivity index (χ3v) is 5.02. The summed E-state index contributed by atoms with van der Waals surface area (Å²) in [5.41, 5.74) is 4.46. The number of nitrogens with one attached hydrogen (secondary N) is 2. The van der Waals surface area contributed by atoms with Crippen molar-refractivity contribution in [1.82, 2.24) is 9.99 Å². The van der Waals surface area contributed by atoms with Crippen LogP contribution >= 0.6 is 0 Å². The second-order valence-corrected chi connectivity index (χ2v) is 6.91. The molecule has 0 aliphatic carbocycles. The molecule has 6 nitrogen and oxygen atoms in total. The average molecular weight is 399 g/mol. The Kier molecular flexibility index (Phi) is 5.22. The molecule has 1 atom stereocenters. The molecule has 0 radical (unpaired) electrons. The minimum Gasteiger partial charge on any atom is -0.502 e. The standard InChI is InChI=1S/C24H21N3O3/c1-25-24(30)22-23(29)20(28)13-14-27(22)26-21(17-8-3-2-4-9-17)19-12-11-16-7-5-6-10-18(16)15-19/h2-15,21,26,29H,1H3,(H,25,30). The molecule has 0 aliphatic rings. The van der Waals surface area contributed by atoms with Gasteiger partial charge >= 0.3 is 0 Å². The molecule has 1 heterocycles. The third-order valence-electron chi connectivity index (χ3n) is 5.02. The minimum absolute atomic E-state index is 0.147. The SMILES string of the molecule is CNC(=O)c1c(O)c(=O)ccn1NC(c1ccccc1)c1ccc2ccccc2c1. The monoisotopic (exact) mass is 399 g/mol. The van der Waals surface area contributed by atoms with Crippen molar-refractivity contribution in [3.8, 4) is 5.75 Å². The normalized spacial score (nSPS) is 11.8. The van der Waals surface area contributed by atoms with Gasteiger partial charge in [0, 0.05) is 19.3 Å². The van der Waals surface area contributed by atoms with E-state index in [2.05, 4.69) is 16.8 Å². The molecule has 150 valence electrons. The number of nitrogens with zero attached hydrogens (tertiary/aromatic N) is 1. The van der Waals surface area contributed by atoms with Crippen molar-refractivity contribution < 1.29 is 9.90 Å². The van der Waals surface area contributed by atoms with E-state index in [1.165, 1.54) is 24.0 Å². The van der Waals surface area contributed by atoms with E-state index in [0.29, 0.717) is 0 Å². The maximum absolute atomic E-state index is 12.4. The average Bonchev–Trinajstić information content (AvgIpc) is 2.79. The minimum atomic E-state index is -0.617. The molecular formula is C24H21N3O3. The fraction of sp³-hybridized carbons (Fsp3) is 0.0833. The van der Waals surface area contributed by atoms with E-state index >= 15 is 0 Å². The molecule has 1 unspecified atom stereocenters. The van der Waals surface area contributed by atoms with E-state index in [-0.39, 0.29) is 11.7 Å². The summed E-state index contributed by atoms with van der Waals surface area (Å²) in [6.07, 6.45) is 1.45. The molecular weight excluding hydrogens is 378 g/mol. The fourth-order valence-corrected chi connectivity index (χ4v) is 3.48. The number of carbonyl (C=O) groups is 1. The van der Waals surface area contributed by atoms with E-state index < -0.39 is 17.1 Å². The summed E-state index contributed by atoms with van der Waals surface area (Å²) in [4.78, 5) is 24.3. The van der Waals surface area contributed by atoms with Crippen LogP contribution in [0.15, 0.2) is 89.9 Å². The van der Waals surface area contributed by atoms with E-state index in [0.717, 1.165) is 21.9 Å². The molecule has 0 saturated carbocycles. The summed E-state index contributed by atoms with van der Waals surface area (Å²) in [7, 11) is 1.45. The molecule has 3 N–H and O–H groups in total. The van der Waals surface area contributed by atoms with Gasteiger partial charge in [0.1, 0.15) is 0 Å². The number of amides is 1. The lowest BCUT2D eigenvalue weighted by Crippen LogP contribution is -2.32. The number of fused-ring (bicyclic) bond motifs is 1. The van der Waals surface area contributed by atoms with Crippen molar-refractivity contribution in [2.45, 2.75) is 6.04 Å². The predicted octanol–water partition coefficient (Wildman–Crippen LogP) is 3.40. The molecule has 1 aromatic heterocycles. The summed E-state index contributed by atoms with van der Waals surface area (Å²) in [5.74, 6) is -1.17. The molecule has 0 aliphatic heterocycles. The van der Waals surface area contributed by atoms with E-state index in [9.17, 15) is 14.7 Å². The third kappa shape index (κ3) is 3.63. The summed E-state index contributed by atoms with van der Waals surface area (Å²) in [6, 6.07) is 24.9. The number of hydrogen-bond acceptors (Lipinski definition) is 4. The first-order valence-electron chi connectivity index (χ1n) is 9.55. The number of aromatic hydroxyl groups is 1. The Morgan fingerprint density at radius 3 is 2.33 bits per heavy atom. The number of rotatable bonds is 5. The van der Waals surface area contributed by atoms with Crippen LogP contribution in [0.3, 0.4) is 0 Å². The van der Waals surface area contributed by atoms with Crippen molar-refractivity contribution >= 4 is 16.7 Å². The highest BCUT2D eigenvalue weighted by Crippen LogP contribution is 2.27. The van der Waals surface area contributed by atoms with Gasteiger partial charge in [0.15, 0.2) is 11.4 Å². The Morgan fingerprint density at radius 2 is 1.60 bits per heavy atom. The van der Waals surface area contributed by atoms with E-state index in [1.54, 1.807) is 0 Å². The number of hydrogen-bond donors (Lipinski definition) is 3. The summed E-state index contributed by atoms with van der Waals surface area (Å²) >= 11 is 0. The molecule has 0 fully saturated rings. The lowest BCUT2D eigenvalue weighted by atomic mass is 9.97. The van der Waals surface area contributed by atoms with Gasteiger partial charge in [0.05, 0.1) is 6.04 Å². The fourth-order valence-electron chi connectivity index (χ4n) is 3.48. The van der Waals surface area contributed by atoms with Crippen molar-refractivity contribution in [3.05, 3.63) is 112 Å². The van der Waals surface area contributed by atoms with Gasteiger partial charge < -0.3 is 15.8 Å². The molecule has 6 heteroatoms. The molecule has 0 spiro atoms. The van der Waals surface area contributed by atoms with Crippen molar-refractivity contribution in [3.63, 3.8) is 0 Å². The van der Waals surface area contributed by atoms with Gasteiger partial charge in [-0.25, -0.2) is 0 Å². The molecule has 0 saturated heterocycles. The number of carbonyl (C=O) groups excluding carboxylic acids is 1. The van der Waals surface area contributed by atoms with Crippen LogP contribution in [-0.2, 0) is 0 Å². The largest absolute Gasteiger partial charge is 0.502 e. The first kappa shape index (κ1) is 19.3. The van der Waals surface area contributed by atoms with Gasteiger partial charge in [-0.15, -0.1) is 0 Å². The lowest BCUT2D eigenvalue weighted by molar-refractivity contribution is 0.0951. The van der Waals surface area contributed by atoms with Crippen LogP contribution in [-0.4, -0.2) is 22.7 Å². The molecule has 1 amide bonds. The molecule has 0 bridgehead atoms. The number of aromatic nitrogens is 1. The Hall–Kier alpha value is -4.06. The predicted molar refractivity (Wildman–Crippen MR) is 117 cm³/mol. The maximum atomic E-state index is 12.4. The number of benzene rings is 3. The quantitative estimate of drug-likeness (QED) is 0.480. The van der Waals surface area contributed by atoms with Crippen molar-refractivity contribution in [2.75, 3.05) is 12.5 Å². The van der Waals surface area contributed by atoms with Gasteiger partial charge in [-0.05, 0) is 28.0 Å². The smallest absolute Gasteiger partial charge is 0.273 e. The Balaban J connectivity index is 1.85. The highest BCUT2D eigenvalue weighted by atomic mass is 16.3. The van der Waals surface area contributed by atoms with Crippen molar-refractivity contribution in [1.29, 1.82) is 0 Å². The van der Waals surface area contributed by atoms with Gasteiger partial charge in [0.2, 0.25) is 5.43 Å². The molecule has 3 aromatic carbocycles. The van der Waals surface area contributed by atoms with Crippen LogP contribution in [0, 0.1) is 0 Å². The Morgan fingerprint density at radius 1 is 0.900 bits per heavy atom. The van der Waals surface area contributed by atoms with Gasteiger partial charge in [0.25, 0.3) is 5.91 Å². The van der Waals surface area contributed by atoms with E-state index in [1.807, 2.05) is 66.7 Å². The van der Waals surface area contributed by atoms with E-state index in [4.69, 9.17) is 0 Å². The van der Waals surface area contributed by atoms with Gasteiger partial charge in [-0.2, -0.15) is 0 Å². The molecule has 30 heavy (non-hydrogen) atoms. The van der Waals surface area contributed by atoms with Crippen LogP contribution in [0.1, 0.15) is 27.7 Å². The molecule has 4 aromatic rings. The van der Waals surface area contributed by atoms with Crippen molar-refractivity contribution in [2.24, 2.45) is 0 Å². The van der Waals surface area contributed by atoms with Crippen LogP contribution < -0.4 is 16.2 Å². The lowest BCUT2D eigenvalue weighted by Gasteiger charge is -2.25. The highest BCUT2D eigenvalue weighted by Gasteiger charge is 2.21. The Labute approximate surface area is 173 Å². The first-order valence-corrected chi connectivity index (χ1v) is 9.55. The topological polar surface area (TPSA) is 83.4 Å². The van der Waals surface area contributed by atoms with Gasteiger partial charge in [-0.3, -0.25) is 14.3 Å². The van der Waals surface area contributed by atoms with Crippen LogP contribution in [0.2, 0.25) is 0 Å². The summed E-state index contributed by atoms with van der Waals surface area (Å²) in [5, 5.41) is 14.9. The zero-order chi connectivity index (χ0) is 21.1. The highest BCUT2D eigenvalue weighted by molar-refractivity contribution is 5.95. The Bertz CT molecular complexity index is 1270. The van der Waals surface area contributed by atoms with Gasteiger partial charge in [-0.1, -0.05) is 66.7 Å². The molecule has 4 rings (SSSR count). The zero-order valence-electron chi connectivity index (χ0n) is 16.4. The number of pyridine rings is 1. The first-order chi connectivity index (χ1) is 14.6. The van der Waals surface area contributed by atoms with Crippen LogP contribution in [0.5, 0.6) is 5.75 Å². The maximum Gasteiger partial charge on any atom is 0.273 e. The second-order valence-electron chi connectivity index (χ2n) is 6.91. The summed E-state index contributed by atoms with van der Waals surface area (Å²) < 4.78 is 1.39. The zero-order valence-corrected chi connectivity index (χ0v) is 16.4. The van der Waals surface area contributed by atoms with Crippen LogP contribution in [0.4, 0.5) is 0 Å². The van der Waals surface area contributed by atoms with Crippen LogP contribution in [0.25, 0.3) is 10.8 Å².